The third kappa shape index (κ3) is 5.40. The van der Waals surface area contributed by atoms with Crippen molar-refractivity contribution in [3.05, 3.63) is 53.1 Å². The van der Waals surface area contributed by atoms with Crippen LogP contribution < -0.4 is 25.1 Å². The van der Waals surface area contributed by atoms with Gasteiger partial charge in [-0.3, -0.25) is 20.4 Å². The predicted octanol–water partition coefficient (Wildman–Crippen LogP) is 2.81. The molecule has 7 heteroatoms. The van der Waals surface area contributed by atoms with E-state index in [1.807, 2.05) is 25.1 Å². The van der Waals surface area contributed by atoms with Gasteiger partial charge in [0.1, 0.15) is 5.75 Å². The van der Waals surface area contributed by atoms with E-state index in [-0.39, 0.29) is 6.61 Å². The summed E-state index contributed by atoms with van der Waals surface area (Å²) in [5.41, 5.74) is 7.69. The first-order chi connectivity index (χ1) is 14.1. The van der Waals surface area contributed by atoms with Crippen LogP contribution in [0.4, 0.5) is 0 Å². The molecule has 0 saturated heterocycles. The Morgan fingerprint density at radius 3 is 2.59 bits per heavy atom. The van der Waals surface area contributed by atoms with Gasteiger partial charge in [0, 0.05) is 5.56 Å². The van der Waals surface area contributed by atoms with Gasteiger partial charge in [-0.05, 0) is 67.1 Å². The monoisotopic (exact) mass is 398 g/mol. The summed E-state index contributed by atoms with van der Waals surface area (Å²) >= 11 is 0. The molecule has 0 bridgehead atoms. The second kappa shape index (κ2) is 9.82. The van der Waals surface area contributed by atoms with Gasteiger partial charge >= 0.3 is 0 Å². The molecule has 1 aliphatic carbocycles. The standard InChI is InChI=1S/C22H26N2O5/c1-3-11-28-19-10-8-17(13-20(19)27-2)22(26)24-23-21(25)14-29-18-9-7-15-5-4-6-16(15)12-18/h7-10,12-13H,3-6,11,14H2,1-2H3,(H,23,25)(H,24,26). The molecule has 2 amide bonds. The minimum absolute atomic E-state index is 0.188. The third-order valence-electron chi connectivity index (χ3n) is 4.64. The molecule has 2 N–H and O–H groups in total. The van der Waals surface area contributed by atoms with Gasteiger partial charge in [-0.25, -0.2) is 0 Å². The van der Waals surface area contributed by atoms with Crippen molar-refractivity contribution in [2.24, 2.45) is 0 Å². The molecule has 154 valence electrons. The Bertz CT molecular complexity index is 882. The van der Waals surface area contributed by atoms with Gasteiger partial charge < -0.3 is 14.2 Å². The number of aryl methyl sites for hydroxylation is 2. The number of hydrogen-bond donors (Lipinski definition) is 2. The van der Waals surface area contributed by atoms with E-state index in [0.717, 1.165) is 25.7 Å². The van der Waals surface area contributed by atoms with Crippen LogP contribution in [-0.2, 0) is 17.6 Å². The highest BCUT2D eigenvalue weighted by atomic mass is 16.5. The van der Waals surface area contributed by atoms with Crippen molar-refractivity contribution >= 4 is 11.8 Å². The van der Waals surface area contributed by atoms with Gasteiger partial charge in [-0.2, -0.15) is 0 Å². The fraction of sp³-hybridized carbons (Fsp3) is 0.364. The molecule has 3 rings (SSSR count). The highest BCUT2D eigenvalue weighted by molar-refractivity contribution is 5.96. The maximum atomic E-state index is 12.3. The van der Waals surface area contributed by atoms with E-state index in [9.17, 15) is 9.59 Å². The highest BCUT2D eigenvalue weighted by Gasteiger charge is 2.14. The number of methoxy groups -OCH3 is 1. The van der Waals surface area contributed by atoms with Crippen LogP contribution in [0.1, 0.15) is 41.3 Å². The smallest absolute Gasteiger partial charge is 0.276 e. The zero-order chi connectivity index (χ0) is 20.6. The summed E-state index contributed by atoms with van der Waals surface area (Å²) in [6.45, 7) is 2.37. The van der Waals surface area contributed by atoms with Crippen LogP contribution in [0.15, 0.2) is 36.4 Å². The molecule has 2 aromatic rings. The number of rotatable bonds is 8. The van der Waals surface area contributed by atoms with Crippen molar-refractivity contribution in [1.29, 1.82) is 0 Å². The summed E-state index contributed by atoms with van der Waals surface area (Å²) in [6, 6.07) is 10.7. The lowest BCUT2D eigenvalue weighted by Crippen LogP contribution is -2.43. The molecular formula is C22H26N2O5. The SMILES string of the molecule is CCCOc1ccc(C(=O)NNC(=O)COc2ccc3c(c2)CCC3)cc1OC. The van der Waals surface area contributed by atoms with Crippen molar-refractivity contribution in [1.82, 2.24) is 10.9 Å². The molecule has 0 atom stereocenters. The van der Waals surface area contributed by atoms with E-state index in [1.165, 1.54) is 18.2 Å². The second-order valence-corrected chi connectivity index (χ2v) is 6.79. The lowest BCUT2D eigenvalue weighted by Gasteiger charge is -2.12. The van der Waals surface area contributed by atoms with Crippen LogP contribution >= 0.6 is 0 Å². The molecule has 7 nitrogen and oxygen atoms in total. The van der Waals surface area contributed by atoms with Crippen LogP contribution in [-0.4, -0.2) is 32.1 Å². The summed E-state index contributed by atoms with van der Waals surface area (Å²) in [7, 11) is 1.51. The third-order valence-corrected chi connectivity index (χ3v) is 4.64. The molecule has 0 aliphatic heterocycles. The number of carbonyl (C=O) groups is 2. The highest BCUT2D eigenvalue weighted by Crippen LogP contribution is 2.28. The zero-order valence-electron chi connectivity index (χ0n) is 16.7. The average Bonchev–Trinajstić information content (AvgIpc) is 3.22. The maximum absolute atomic E-state index is 12.3. The number of carbonyl (C=O) groups excluding carboxylic acids is 2. The average molecular weight is 398 g/mol. The first kappa shape index (κ1) is 20.5. The number of benzene rings is 2. The molecule has 0 unspecified atom stereocenters. The summed E-state index contributed by atoms with van der Waals surface area (Å²) in [4.78, 5) is 24.3. The Morgan fingerprint density at radius 2 is 1.79 bits per heavy atom. The Labute approximate surface area is 170 Å². The van der Waals surface area contributed by atoms with Crippen molar-refractivity contribution in [2.75, 3.05) is 20.3 Å². The second-order valence-electron chi connectivity index (χ2n) is 6.79. The largest absolute Gasteiger partial charge is 0.493 e. The lowest BCUT2D eigenvalue weighted by molar-refractivity contribution is -0.123. The van der Waals surface area contributed by atoms with E-state index in [1.54, 1.807) is 18.2 Å². The van der Waals surface area contributed by atoms with E-state index < -0.39 is 11.8 Å². The number of ether oxygens (including phenoxy) is 3. The fourth-order valence-electron chi connectivity index (χ4n) is 3.16. The van der Waals surface area contributed by atoms with Gasteiger partial charge in [-0.1, -0.05) is 13.0 Å². The summed E-state index contributed by atoms with van der Waals surface area (Å²) in [5.74, 6) is 0.763. The molecule has 0 aromatic heterocycles. The van der Waals surface area contributed by atoms with E-state index in [2.05, 4.69) is 10.9 Å². The molecule has 29 heavy (non-hydrogen) atoms. The van der Waals surface area contributed by atoms with Gasteiger partial charge in [0.2, 0.25) is 0 Å². The van der Waals surface area contributed by atoms with Crippen LogP contribution in [0.5, 0.6) is 17.2 Å². The van der Waals surface area contributed by atoms with Crippen molar-refractivity contribution in [3.63, 3.8) is 0 Å². The molecule has 2 aromatic carbocycles. The molecule has 0 spiro atoms. The quantitative estimate of drug-likeness (QED) is 0.668. The Balaban J connectivity index is 1.49. The zero-order valence-corrected chi connectivity index (χ0v) is 16.7. The van der Waals surface area contributed by atoms with Gasteiger partial charge in [0.05, 0.1) is 13.7 Å². The van der Waals surface area contributed by atoms with Gasteiger partial charge in [0.15, 0.2) is 18.1 Å². The topological polar surface area (TPSA) is 85.9 Å². The summed E-state index contributed by atoms with van der Waals surface area (Å²) < 4.78 is 16.4. The minimum atomic E-state index is -0.462. The van der Waals surface area contributed by atoms with Crippen LogP contribution in [0, 0.1) is 0 Å². The van der Waals surface area contributed by atoms with Crippen molar-refractivity contribution < 1.29 is 23.8 Å². The number of amides is 2. The Kier molecular flexibility index (Phi) is 6.94. The number of hydrazine groups is 1. The van der Waals surface area contributed by atoms with Gasteiger partial charge in [-0.15, -0.1) is 0 Å². The number of hydrogen-bond acceptors (Lipinski definition) is 5. The Morgan fingerprint density at radius 1 is 0.966 bits per heavy atom. The molecule has 1 aliphatic rings. The lowest BCUT2D eigenvalue weighted by atomic mass is 10.1. The molecule has 0 heterocycles. The maximum Gasteiger partial charge on any atom is 0.276 e. The van der Waals surface area contributed by atoms with Crippen LogP contribution in [0.2, 0.25) is 0 Å². The van der Waals surface area contributed by atoms with Crippen molar-refractivity contribution in [3.8, 4) is 17.2 Å². The summed E-state index contributed by atoms with van der Waals surface area (Å²) in [5, 5.41) is 0. The number of fused-ring (bicyclic) bond motifs is 1. The van der Waals surface area contributed by atoms with E-state index in [4.69, 9.17) is 14.2 Å². The van der Waals surface area contributed by atoms with Crippen LogP contribution in [0.3, 0.4) is 0 Å². The normalized spacial score (nSPS) is 12.1. The first-order valence-electron chi connectivity index (χ1n) is 9.75. The molecule has 0 saturated carbocycles. The summed E-state index contributed by atoms with van der Waals surface area (Å²) in [6.07, 6.45) is 4.16. The fourth-order valence-corrected chi connectivity index (χ4v) is 3.16. The van der Waals surface area contributed by atoms with Crippen LogP contribution in [0.25, 0.3) is 0 Å². The van der Waals surface area contributed by atoms with E-state index in [0.29, 0.717) is 29.4 Å². The number of nitrogens with one attached hydrogen (secondary N) is 2. The van der Waals surface area contributed by atoms with Crippen molar-refractivity contribution in [2.45, 2.75) is 32.6 Å². The molecule has 0 fully saturated rings. The Hall–Kier alpha value is -3.22. The molecule has 0 radical (unpaired) electrons. The van der Waals surface area contributed by atoms with E-state index >= 15 is 0 Å². The van der Waals surface area contributed by atoms with Gasteiger partial charge in [0.25, 0.3) is 11.8 Å². The molecular weight excluding hydrogens is 372 g/mol. The first-order valence-corrected chi connectivity index (χ1v) is 9.75. The minimum Gasteiger partial charge on any atom is -0.493 e. The predicted molar refractivity (Wildman–Crippen MR) is 108 cm³/mol.